The summed E-state index contributed by atoms with van der Waals surface area (Å²) in [7, 11) is 0. The molecule has 0 radical (unpaired) electrons. The molecular formula is C6H6Br2. The van der Waals surface area contributed by atoms with Gasteiger partial charge in [0.25, 0.3) is 0 Å². The molecule has 0 bridgehead atoms. The van der Waals surface area contributed by atoms with Gasteiger partial charge in [0.1, 0.15) is 0 Å². The lowest BCUT2D eigenvalue weighted by molar-refractivity contribution is 1.02. The molecule has 0 fully saturated rings. The Morgan fingerprint density at radius 3 is 2.50 bits per heavy atom. The van der Waals surface area contributed by atoms with Gasteiger partial charge in [-0.3, -0.25) is 0 Å². The average molecular weight is 238 g/mol. The molecule has 1 aliphatic rings. The van der Waals surface area contributed by atoms with Crippen molar-refractivity contribution >= 4 is 31.9 Å². The van der Waals surface area contributed by atoms with E-state index in [0.717, 1.165) is 12.8 Å². The normalized spacial score (nSPS) is 19.8. The third-order valence-corrected chi connectivity index (χ3v) is 2.20. The van der Waals surface area contributed by atoms with E-state index in [0.29, 0.717) is 0 Å². The Hall–Kier alpha value is 0.440. The van der Waals surface area contributed by atoms with Gasteiger partial charge in [-0.2, -0.15) is 0 Å². The second kappa shape index (κ2) is 2.83. The van der Waals surface area contributed by atoms with Crippen LogP contribution in [0.1, 0.15) is 12.8 Å². The predicted molar refractivity (Wildman–Crippen MR) is 43.3 cm³/mol. The summed E-state index contributed by atoms with van der Waals surface area (Å²) in [5, 5.41) is 0. The van der Waals surface area contributed by atoms with E-state index in [2.05, 4.69) is 44.0 Å². The number of hydrogen-bond donors (Lipinski definition) is 0. The van der Waals surface area contributed by atoms with Crippen molar-refractivity contribution < 1.29 is 0 Å². The van der Waals surface area contributed by atoms with Gasteiger partial charge < -0.3 is 0 Å². The first-order valence-electron chi connectivity index (χ1n) is 2.51. The molecule has 0 nitrogen and oxygen atoms in total. The van der Waals surface area contributed by atoms with Crippen molar-refractivity contribution in [1.29, 1.82) is 0 Å². The zero-order valence-corrected chi connectivity index (χ0v) is 7.50. The first-order valence-corrected chi connectivity index (χ1v) is 4.09. The molecule has 2 heteroatoms. The topological polar surface area (TPSA) is 0 Å². The van der Waals surface area contributed by atoms with E-state index in [1.165, 1.54) is 8.96 Å². The smallest absolute Gasteiger partial charge is 0.0143 e. The molecule has 0 heterocycles. The third kappa shape index (κ3) is 1.75. The van der Waals surface area contributed by atoms with Gasteiger partial charge in [-0.25, -0.2) is 0 Å². The molecule has 0 saturated carbocycles. The molecule has 0 aromatic carbocycles. The van der Waals surface area contributed by atoms with Gasteiger partial charge in [-0.05, 0) is 23.4 Å². The summed E-state index contributed by atoms with van der Waals surface area (Å²) < 4.78 is 2.47. The minimum Gasteiger partial charge on any atom is -0.0699 e. The van der Waals surface area contributed by atoms with Crippen LogP contribution >= 0.6 is 31.9 Å². The van der Waals surface area contributed by atoms with Crippen molar-refractivity contribution in [3.05, 3.63) is 21.1 Å². The average Bonchev–Trinajstić information content (AvgIpc) is 1.64. The lowest BCUT2D eigenvalue weighted by atomic mass is 10.2. The zero-order valence-electron chi connectivity index (χ0n) is 4.32. The van der Waals surface area contributed by atoms with E-state index >= 15 is 0 Å². The molecule has 1 aliphatic carbocycles. The molecule has 0 aromatic heterocycles. The molecular weight excluding hydrogens is 232 g/mol. The molecule has 0 saturated heterocycles. The Morgan fingerprint density at radius 1 is 1.38 bits per heavy atom. The van der Waals surface area contributed by atoms with Crippen molar-refractivity contribution in [1.82, 2.24) is 0 Å². The number of halogens is 2. The highest BCUT2D eigenvalue weighted by molar-refractivity contribution is 9.12. The van der Waals surface area contributed by atoms with Crippen LogP contribution in [0.15, 0.2) is 21.1 Å². The van der Waals surface area contributed by atoms with E-state index < -0.39 is 0 Å². The standard InChI is InChI=1S/C6H6Br2/c7-5-2-1-3-6(8)4-5/h2,4H,1,3H2. The molecule has 0 unspecified atom stereocenters. The monoisotopic (exact) mass is 236 g/mol. The number of hydrogen-bond acceptors (Lipinski definition) is 0. The van der Waals surface area contributed by atoms with Crippen molar-refractivity contribution in [2.45, 2.75) is 12.8 Å². The fourth-order valence-electron chi connectivity index (χ4n) is 0.629. The molecule has 0 atom stereocenters. The van der Waals surface area contributed by atoms with Crippen LogP contribution in [0.3, 0.4) is 0 Å². The summed E-state index contributed by atoms with van der Waals surface area (Å²) in [6.07, 6.45) is 6.56. The van der Waals surface area contributed by atoms with Gasteiger partial charge in [0.2, 0.25) is 0 Å². The van der Waals surface area contributed by atoms with Gasteiger partial charge in [-0.1, -0.05) is 37.9 Å². The van der Waals surface area contributed by atoms with E-state index in [4.69, 9.17) is 0 Å². The second-order valence-corrected chi connectivity index (χ2v) is 3.65. The minimum absolute atomic E-state index is 1.15. The molecule has 0 N–H and O–H groups in total. The van der Waals surface area contributed by atoms with E-state index in [1.807, 2.05) is 0 Å². The second-order valence-electron chi connectivity index (χ2n) is 1.72. The van der Waals surface area contributed by atoms with Gasteiger partial charge in [-0.15, -0.1) is 0 Å². The Balaban J connectivity index is 2.69. The number of rotatable bonds is 0. The lowest BCUT2D eigenvalue weighted by Crippen LogP contribution is -1.79. The van der Waals surface area contributed by atoms with Crippen LogP contribution in [0.2, 0.25) is 0 Å². The highest BCUT2D eigenvalue weighted by Gasteiger charge is 1.97. The molecule has 0 aromatic rings. The molecule has 0 amide bonds. The predicted octanol–water partition coefficient (Wildman–Crippen LogP) is 3.34. The van der Waals surface area contributed by atoms with Crippen molar-refractivity contribution in [3.8, 4) is 0 Å². The van der Waals surface area contributed by atoms with E-state index in [9.17, 15) is 0 Å². The Labute approximate surface area is 65.9 Å². The lowest BCUT2D eigenvalue weighted by Gasteiger charge is -2.01. The molecule has 0 spiro atoms. The largest absolute Gasteiger partial charge is 0.0699 e. The molecule has 44 valence electrons. The van der Waals surface area contributed by atoms with Crippen LogP contribution in [-0.2, 0) is 0 Å². The maximum atomic E-state index is 3.42. The van der Waals surface area contributed by atoms with Crippen LogP contribution in [0.4, 0.5) is 0 Å². The molecule has 0 aliphatic heterocycles. The summed E-state index contributed by atoms with van der Waals surface area (Å²) in [5.74, 6) is 0. The summed E-state index contributed by atoms with van der Waals surface area (Å²) in [4.78, 5) is 0. The minimum atomic E-state index is 1.15. The van der Waals surface area contributed by atoms with Crippen LogP contribution < -0.4 is 0 Å². The summed E-state index contributed by atoms with van der Waals surface area (Å²) >= 11 is 6.80. The highest BCUT2D eigenvalue weighted by atomic mass is 79.9. The summed E-state index contributed by atoms with van der Waals surface area (Å²) in [6.45, 7) is 0. The van der Waals surface area contributed by atoms with Gasteiger partial charge >= 0.3 is 0 Å². The van der Waals surface area contributed by atoms with E-state index in [1.54, 1.807) is 0 Å². The van der Waals surface area contributed by atoms with Crippen LogP contribution in [0, 0.1) is 0 Å². The van der Waals surface area contributed by atoms with Crippen LogP contribution in [0.5, 0.6) is 0 Å². The van der Waals surface area contributed by atoms with Crippen molar-refractivity contribution in [3.63, 3.8) is 0 Å². The zero-order chi connectivity index (χ0) is 5.98. The SMILES string of the molecule is BrC1=CCCC(Br)=C1. The Bertz CT molecular complexity index is 145. The molecule has 1 rings (SSSR count). The van der Waals surface area contributed by atoms with Crippen molar-refractivity contribution in [2.24, 2.45) is 0 Å². The van der Waals surface area contributed by atoms with Gasteiger partial charge in [0, 0.05) is 4.48 Å². The fraction of sp³-hybridized carbons (Fsp3) is 0.333. The fourth-order valence-corrected chi connectivity index (χ4v) is 1.92. The number of allylic oxidation sites excluding steroid dienone is 4. The first-order chi connectivity index (χ1) is 3.79. The Morgan fingerprint density at radius 2 is 2.12 bits per heavy atom. The highest BCUT2D eigenvalue weighted by Crippen LogP contribution is 2.24. The molecule has 8 heavy (non-hydrogen) atoms. The van der Waals surface area contributed by atoms with E-state index in [-0.39, 0.29) is 0 Å². The van der Waals surface area contributed by atoms with Gasteiger partial charge in [0.05, 0.1) is 0 Å². The van der Waals surface area contributed by atoms with Crippen molar-refractivity contribution in [2.75, 3.05) is 0 Å². The van der Waals surface area contributed by atoms with Crippen LogP contribution in [0.25, 0.3) is 0 Å². The maximum Gasteiger partial charge on any atom is 0.0143 e. The first kappa shape index (κ1) is 6.56. The summed E-state index contributed by atoms with van der Waals surface area (Å²) in [5.41, 5.74) is 0. The summed E-state index contributed by atoms with van der Waals surface area (Å²) in [6, 6.07) is 0. The maximum absolute atomic E-state index is 3.42. The van der Waals surface area contributed by atoms with Crippen LogP contribution in [-0.4, -0.2) is 0 Å². The quantitative estimate of drug-likeness (QED) is 0.607. The van der Waals surface area contributed by atoms with Gasteiger partial charge in [0.15, 0.2) is 0 Å². The Kier molecular flexibility index (Phi) is 2.32. The third-order valence-electron chi connectivity index (χ3n) is 1.02.